The van der Waals surface area contributed by atoms with Crippen LogP contribution in [0.15, 0.2) is 0 Å². The van der Waals surface area contributed by atoms with Crippen LogP contribution in [0.5, 0.6) is 0 Å². The van der Waals surface area contributed by atoms with E-state index in [0.29, 0.717) is 19.8 Å². The maximum absolute atomic E-state index is 12.1. The summed E-state index contributed by atoms with van der Waals surface area (Å²) < 4.78 is 7.31. The molecule has 1 aromatic rings. The molecule has 0 aliphatic carbocycles. The number of nitrogens with zero attached hydrogens (tertiary/aromatic N) is 3. The van der Waals surface area contributed by atoms with Crippen molar-refractivity contribution in [2.24, 2.45) is 7.05 Å². The fourth-order valence-electron chi connectivity index (χ4n) is 2.67. The molecule has 112 valence electrons. The van der Waals surface area contributed by atoms with Gasteiger partial charge in [-0.05, 0) is 14.0 Å². The third-order valence-corrected chi connectivity index (χ3v) is 3.62. The second kappa shape index (κ2) is 6.23. The van der Waals surface area contributed by atoms with Gasteiger partial charge in [-0.15, -0.1) is 0 Å². The van der Waals surface area contributed by atoms with Gasteiger partial charge in [-0.1, -0.05) is 0 Å². The average Bonchev–Trinajstić information content (AvgIpc) is 2.73. The molecule has 7 heteroatoms. The Morgan fingerprint density at radius 1 is 1.50 bits per heavy atom. The molecule has 1 aliphatic rings. The van der Waals surface area contributed by atoms with Gasteiger partial charge in [0, 0.05) is 32.7 Å². The molecule has 0 bridgehead atoms. The van der Waals surface area contributed by atoms with Crippen molar-refractivity contribution in [2.45, 2.75) is 19.5 Å². The van der Waals surface area contributed by atoms with Crippen LogP contribution in [0.25, 0.3) is 0 Å². The molecule has 0 aromatic carbocycles. The van der Waals surface area contributed by atoms with Crippen molar-refractivity contribution in [3.05, 3.63) is 11.3 Å². The van der Waals surface area contributed by atoms with Crippen LogP contribution < -0.4 is 15.5 Å². The van der Waals surface area contributed by atoms with Crippen LogP contribution in [0, 0.1) is 6.92 Å². The number of anilines is 1. The number of hydrogen-bond donors (Lipinski definition) is 2. The first kappa shape index (κ1) is 14.8. The molecule has 1 fully saturated rings. The van der Waals surface area contributed by atoms with Crippen LogP contribution in [0.2, 0.25) is 0 Å². The van der Waals surface area contributed by atoms with E-state index in [1.54, 1.807) is 7.05 Å². The average molecular weight is 281 g/mol. The van der Waals surface area contributed by atoms with Crippen LogP contribution in [-0.2, 0) is 23.1 Å². The first-order valence-corrected chi connectivity index (χ1v) is 6.83. The summed E-state index contributed by atoms with van der Waals surface area (Å²) in [4.78, 5) is 14.2. The zero-order valence-corrected chi connectivity index (χ0v) is 12.6. The number of ether oxygens (including phenoxy) is 1. The maximum atomic E-state index is 12.1. The summed E-state index contributed by atoms with van der Waals surface area (Å²) in [5.74, 6) is 0.965. The predicted molar refractivity (Wildman–Crippen MR) is 76.7 cm³/mol. The number of carbonyl (C=O) groups excluding carboxylic acids is 1. The molecule has 1 aromatic heterocycles. The third-order valence-electron chi connectivity index (χ3n) is 3.62. The summed E-state index contributed by atoms with van der Waals surface area (Å²) in [6, 6.07) is -0.306. The molecule has 1 saturated heterocycles. The number of nitrogens with one attached hydrogen (secondary N) is 2. The van der Waals surface area contributed by atoms with Crippen molar-refractivity contribution in [1.29, 1.82) is 0 Å². The Labute approximate surface area is 119 Å². The molecule has 1 unspecified atom stereocenters. The van der Waals surface area contributed by atoms with Gasteiger partial charge in [0.15, 0.2) is 0 Å². The highest BCUT2D eigenvalue weighted by Crippen LogP contribution is 2.26. The summed E-state index contributed by atoms with van der Waals surface area (Å²) >= 11 is 0. The zero-order valence-electron chi connectivity index (χ0n) is 12.6. The number of aryl methyl sites for hydroxylation is 2. The largest absolute Gasteiger partial charge is 0.377 e. The minimum absolute atomic E-state index is 0.0287. The number of morpholine rings is 1. The number of likely N-dealkylation sites (N-methyl/N-ethyl adjacent to an activating group) is 1. The quantitative estimate of drug-likeness (QED) is 0.771. The van der Waals surface area contributed by atoms with Crippen LogP contribution in [0.4, 0.5) is 5.82 Å². The van der Waals surface area contributed by atoms with Crippen molar-refractivity contribution in [3.8, 4) is 0 Å². The van der Waals surface area contributed by atoms with Crippen LogP contribution >= 0.6 is 0 Å². The van der Waals surface area contributed by atoms with Gasteiger partial charge in [0.05, 0.1) is 18.9 Å². The SMILES string of the molecule is CNCc1c(C)nn(C)c1N1CCOCC1C(=O)NC. The minimum atomic E-state index is -0.306. The monoisotopic (exact) mass is 281 g/mol. The van der Waals surface area contributed by atoms with Gasteiger partial charge < -0.3 is 20.3 Å². The van der Waals surface area contributed by atoms with Gasteiger partial charge in [-0.25, -0.2) is 0 Å². The van der Waals surface area contributed by atoms with E-state index in [1.807, 2.05) is 25.7 Å². The highest BCUT2D eigenvalue weighted by atomic mass is 16.5. The molecule has 2 N–H and O–H groups in total. The molecule has 1 amide bonds. The summed E-state index contributed by atoms with van der Waals surface area (Å²) in [5.41, 5.74) is 2.12. The molecule has 0 radical (unpaired) electrons. The highest BCUT2D eigenvalue weighted by Gasteiger charge is 2.32. The first-order valence-electron chi connectivity index (χ1n) is 6.83. The Balaban J connectivity index is 2.39. The van der Waals surface area contributed by atoms with E-state index in [4.69, 9.17) is 4.74 Å². The number of amides is 1. The Morgan fingerprint density at radius 2 is 2.25 bits per heavy atom. The van der Waals surface area contributed by atoms with E-state index < -0.39 is 0 Å². The van der Waals surface area contributed by atoms with Crippen molar-refractivity contribution in [2.75, 3.05) is 38.8 Å². The first-order chi connectivity index (χ1) is 9.60. The Kier molecular flexibility index (Phi) is 4.61. The smallest absolute Gasteiger partial charge is 0.244 e. The Bertz CT molecular complexity index is 485. The molecule has 2 heterocycles. The lowest BCUT2D eigenvalue weighted by Gasteiger charge is -2.36. The van der Waals surface area contributed by atoms with Crippen molar-refractivity contribution in [3.63, 3.8) is 0 Å². The number of aromatic nitrogens is 2. The molecule has 7 nitrogen and oxygen atoms in total. The summed E-state index contributed by atoms with van der Waals surface area (Å²) in [5, 5.41) is 10.4. The normalized spacial score (nSPS) is 19.2. The minimum Gasteiger partial charge on any atom is -0.377 e. The lowest BCUT2D eigenvalue weighted by Crippen LogP contribution is -2.54. The number of carbonyl (C=O) groups is 1. The fourth-order valence-corrected chi connectivity index (χ4v) is 2.67. The van der Waals surface area contributed by atoms with E-state index >= 15 is 0 Å². The molecule has 0 spiro atoms. The van der Waals surface area contributed by atoms with Gasteiger partial charge in [0.25, 0.3) is 0 Å². The van der Waals surface area contributed by atoms with Crippen LogP contribution in [0.3, 0.4) is 0 Å². The molecule has 1 atom stereocenters. The van der Waals surface area contributed by atoms with Crippen LogP contribution in [-0.4, -0.2) is 55.6 Å². The summed E-state index contributed by atoms with van der Waals surface area (Å²) in [7, 11) is 5.47. The van der Waals surface area contributed by atoms with Crippen molar-refractivity contribution < 1.29 is 9.53 Å². The summed E-state index contributed by atoms with van der Waals surface area (Å²) in [6.45, 7) is 4.44. The van der Waals surface area contributed by atoms with Crippen LogP contribution in [0.1, 0.15) is 11.3 Å². The summed E-state index contributed by atoms with van der Waals surface area (Å²) in [6.07, 6.45) is 0. The third kappa shape index (κ3) is 2.64. The zero-order chi connectivity index (χ0) is 14.7. The molecular weight excluding hydrogens is 258 g/mol. The standard InChI is InChI=1S/C13H23N5O2/c1-9-10(7-14-2)13(17(4)16-9)18-5-6-20-8-11(18)12(19)15-3/h11,14H,5-8H2,1-4H3,(H,15,19). The molecule has 20 heavy (non-hydrogen) atoms. The maximum Gasteiger partial charge on any atom is 0.244 e. The number of hydrogen-bond acceptors (Lipinski definition) is 5. The second-order valence-electron chi connectivity index (χ2n) is 4.94. The van der Waals surface area contributed by atoms with E-state index in [2.05, 4.69) is 20.6 Å². The molecule has 0 saturated carbocycles. The predicted octanol–water partition coefficient (Wildman–Crippen LogP) is -0.601. The van der Waals surface area contributed by atoms with E-state index in [0.717, 1.165) is 23.6 Å². The van der Waals surface area contributed by atoms with E-state index in [1.165, 1.54) is 0 Å². The van der Waals surface area contributed by atoms with Gasteiger partial charge in [0.2, 0.25) is 5.91 Å². The van der Waals surface area contributed by atoms with Gasteiger partial charge >= 0.3 is 0 Å². The van der Waals surface area contributed by atoms with Gasteiger partial charge in [-0.3, -0.25) is 9.48 Å². The fraction of sp³-hybridized carbons (Fsp3) is 0.692. The van der Waals surface area contributed by atoms with Gasteiger partial charge in [0.1, 0.15) is 11.9 Å². The number of rotatable bonds is 4. The topological polar surface area (TPSA) is 71.4 Å². The second-order valence-corrected chi connectivity index (χ2v) is 4.94. The lowest BCUT2D eigenvalue weighted by molar-refractivity contribution is -0.124. The lowest BCUT2D eigenvalue weighted by atomic mass is 10.1. The van der Waals surface area contributed by atoms with Crippen molar-refractivity contribution >= 4 is 11.7 Å². The Morgan fingerprint density at radius 3 is 2.90 bits per heavy atom. The van der Waals surface area contributed by atoms with Crippen molar-refractivity contribution in [1.82, 2.24) is 20.4 Å². The van der Waals surface area contributed by atoms with Gasteiger partial charge in [-0.2, -0.15) is 5.10 Å². The highest BCUT2D eigenvalue weighted by molar-refractivity contribution is 5.85. The molecule has 1 aliphatic heterocycles. The molecule has 2 rings (SSSR count). The Hall–Kier alpha value is -1.60. The van der Waals surface area contributed by atoms with E-state index in [-0.39, 0.29) is 11.9 Å². The van der Waals surface area contributed by atoms with E-state index in [9.17, 15) is 4.79 Å². The molecular formula is C13H23N5O2.